The lowest BCUT2D eigenvalue weighted by atomic mass is 10.2. The molecule has 0 saturated carbocycles. The summed E-state index contributed by atoms with van der Waals surface area (Å²) in [5.41, 5.74) is 1.29. The van der Waals surface area contributed by atoms with Crippen LogP contribution in [0.4, 0.5) is 0 Å². The van der Waals surface area contributed by atoms with Crippen molar-refractivity contribution in [2.45, 2.75) is 13.8 Å². The highest BCUT2D eigenvalue weighted by molar-refractivity contribution is 9.11. The normalized spacial score (nSPS) is 10.5. The molecule has 0 bridgehead atoms. The highest BCUT2D eigenvalue weighted by atomic mass is 79.9. The fourth-order valence-electron chi connectivity index (χ4n) is 1.56. The van der Waals surface area contributed by atoms with Crippen molar-refractivity contribution in [3.63, 3.8) is 0 Å². The van der Waals surface area contributed by atoms with Gasteiger partial charge in [-0.25, -0.2) is 9.78 Å². The molecule has 0 amide bonds. The maximum atomic E-state index is 11.7. The Labute approximate surface area is 127 Å². The van der Waals surface area contributed by atoms with Gasteiger partial charge in [0.2, 0.25) is 11.7 Å². The second-order valence-electron chi connectivity index (χ2n) is 3.78. The van der Waals surface area contributed by atoms with Gasteiger partial charge in [0.25, 0.3) is 0 Å². The summed E-state index contributed by atoms with van der Waals surface area (Å²) in [7, 11) is 0. The number of hydrogen-bond donors (Lipinski definition) is 0. The van der Waals surface area contributed by atoms with Crippen molar-refractivity contribution in [3.05, 3.63) is 38.6 Å². The Bertz CT molecular complexity index is 622. The van der Waals surface area contributed by atoms with Gasteiger partial charge in [-0.2, -0.15) is 0 Å². The molecule has 1 aromatic carbocycles. The highest BCUT2D eigenvalue weighted by Gasteiger charge is 2.20. The first-order chi connectivity index (χ1) is 9.02. The van der Waals surface area contributed by atoms with E-state index in [0.717, 1.165) is 14.5 Å². The lowest BCUT2D eigenvalue weighted by Gasteiger charge is -2.00. The standard InChI is InChI=1S/C13H11Br2NO3/c1-3-18-13(17)11-7(2)16-12(19-11)9-6-8(14)4-5-10(9)15/h4-6H,3H2,1-2H3. The second-order valence-corrected chi connectivity index (χ2v) is 5.55. The fourth-order valence-corrected chi connectivity index (χ4v) is 2.34. The minimum Gasteiger partial charge on any atom is -0.460 e. The summed E-state index contributed by atoms with van der Waals surface area (Å²) in [4.78, 5) is 16.0. The minimum atomic E-state index is -0.495. The third-order valence-electron chi connectivity index (χ3n) is 2.42. The lowest BCUT2D eigenvalue weighted by molar-refractivity contribution is 0.0490. The molecule has 1 heterocycles. The van der Waals surface area contributed by atoms with Gasteiger partial charge in [0.05, 0.1) is 17.9 Å². The van der Waals surface area contributed by atoms with Gasteiger partial charge < -0.3 is 9.15 Å². The number of rotatable bonds is 3. The van der Waals surface area contributed by atoms with E-state index in [-0.39, 0.29) is 5.76 Å². The van der Waals surface area contributed by atoms with Crippen molar-refractivity contribution in [2.75, 3.05) is 6.61 Å². The molecule has 4 nitrogen and oxygen atoms in total. The summed E-state index contributed by atoms with van der Waals surface area (Å²) in [6, 6.07) is 5.64. The number of ether oxygens (including phenoxy) is 1. The van der Waals surface area contributed by atoms with E-state index in [4.69, 9.17) is 9.15 Å². The van der Waals surface area contributed by atoms with Gasteiger partial charge in [0.15, 0.2) is 0 Å². The second kappa shape index (κ2) is 5.88. The number of benzene rings is 1. The molecule has 6 heteroatoms. The molecule has 0 unspecified atom stereocenters. The number of halogens is 2. The molecule has 2 aromatic rings. The molecule has 0 atom stereocenters. The molecule has 1 aromatic heterocycles. The van der Waals surface area contributed by atoms with Crippen LogP contribution in [0, 0.1) is 6.92 Å². The van der Waals surface area contributed by atoms with E-state index in [0.29, 0.717) is 18.2 Å². The van der Waals surface area contributed by atoms with Crippen LogP contribution in [0.25, 0.3) is 11.5 Å². The molecule has 0 aliphatic heterocycles. The van der Waals surface area contributed by atoms with Crippen LogP contribution in [0.5, 0.6) is 0 Å². The molecule has 0 N–H and O–H groups in total. The van der Waals surface area contributed by atoms with Gasteiger partial charge in [0, 0.05) is 8.95 Å². The predicted octanol–water partition coefficient (Wildman–Crippen LogP) is 4.35. The van der Waals surface area contributed by atoms with Crippen molar-refractivity contribution in [1.29, 1.82) is 0 Å². The lowest BCUT2D eigenvalue weighted by Crippen LogP contribution is -2.04. The van der Waals surface area contributed by atoms with E-state index in [2.05, 4.69) is 36.8 Å². The number of nitrogens with zero attached hydrogens (tertiary/aromatic N) is 1. The third-order valence-corrected chi connectivity index (χ3v) is 3.60. The zero-order valence-electron chi connectivity index (χ0n) is 10.4. The van der Waals surface area contributed by atoms with E-state index >= 15 is 0 Å². The van der Waals surface area contributed by atoms with Crippen LogP contribution in [-0.4, -0.2) is 17.6 Å². The monoisotopic (exact) mass is 387 g/mol. The summed E-state index contributed by atoms with van der Waals surface area (Å²) >= 11 is 6.82. The van der Waals surface area contributed by atoms with E-state index in [1.54, 1.807) is 13.8 Å². The van der Waals surface area contributed by atoms with Crippen LogP contribution in [0.2, 0.25) is 0 Å². The van der Waals surface area contributed by atoms with Gasteiger partial charge >= 0.3 is 5.97 Å². The average Bonchev–Trinajstić information content (AvgIpc) is 2.74. The van der Waals surface area contributed by atoms with Crippen molar-refractivity contribution in [3.8, 4) is 11.5 Å². The summed E-state index contributed by atoms with van der Waals surface area (Å²) in [5, 5.41) is 0. The van der Waals surface area contributed by atoms with Gasteiger partial charge in [0.1, 0.15) is 0 Å². The Kier molecular flexibility index (Phi) is 4.42. The molecule has 0 aliphatic carbocycles. The van der Waals surface area contributed by atoms with Crippen molar-refractivity contribution in [1.82, 2.24) is 4.98 Å². The average molecular weight is 389 g/mol. The molecular weight excluding hydrogens is 378 g/mol. The Morgan fingerprint density at radius 1 is 1.42 bits per heavy atom. The van der Waals surface area contributed by atoms with E-state index in [9.17, 15) is 4.79 Å². The Morgan fingerprint density at radius 3 is 2.84 bits per heavy atom. The minimum absolute atomic E-state index is 0.142. The maximum absolute atomic E-state index is 11.7. The topological polar surface area (TPSA) is 52.3 Å². The first-order valence-corrected chi connectivity index (χ1v) is 7.21. The number of carbonyl (C=O) groups excluding carboxylic acids is 1. The summed E-state index contributed by atoms with van der Waals surface area (Å²) in [6.45, 7) is 3.76. The predicted molar refractivity (Wildman–Crippen MR) is 78.0 cm³/mol. The van der Waals surface area contributed by atoms with Crippen LogP contribution in [-0.2, 0) is 4.74 Å². The first-order valence-electron chi connectivity index (χ1n) is 5.63. The van der Waals surface area contributed by atoms with Crippen molar-refractivity contribution >= 4 is 37.8 Å². The molecule has 0 aliphatic rings. The van der Waals surface area contributed by atoms with Gasteiger partial charge in [-0.05, 0) is 48.0 Å². The number of aryl methyl sites for hydroxylation is 1. The number of aromatic nitrogens is 1. The van der Waals surface area contributed by atoms with E-state index < -0.39 is 5.97 Å². The maximum Gasteiger partial charge on any atom is 0.376 e. The summed E-state index contributed by atoms with van der Waals surface area (Å²) < 4.78 is 12.2. The quantitative estimate of drug-likeness (QED) is 0.733. The summed E-state index contributed by atoms with van der Waals surface area (Å²) in [5.74, 6) is 0.0299. The number of oxazole rings is 1. The smallest absolute Gasteiger partial charge is 0.376 e. The third kappa shape index (κ3) is 3.06. The molecule has 0 saturated heterocycles. The largest absolute Gasteiger partial charge is 0.460 e. The number of esters is 1. The highest BCUT2D eigenvalue weighted by Crippen LogP contribution is 2.31. The zero-order valence-corrected chi connectivity index (χ0v) is 13.5. The number of carbonyl (C=O) groups is 1. The molecule has 19 heavy (non-hydrogen) atoms. The fraction of sp³-hybridized carbons (Fsp3) is 0.231. The zero-order chi connectivity index (χ0) is 14.0. The Morgan fingerprint density at radius 2 is 2.16 bits per heavy atom. The van der Waals surface area contributed by atoms with Gasteiger partial charge in [-0.15, -0.1) is 0 Å². The van der Waals surface area contributed by atoms with Crippen molar-refractivity contribution in [2.24, 2.45) is 0 Å². The van der Waals surface area contributed by atoms with Crippen LogP contribution in [0.15, 0.2) is 31.6 Å². The molecule has 100 valence electrons. The molecule has 0 radical (unpaired) electrons. The molecular formula is C13H11Br2NO3. The van der Waals surface area contributed by atoms with Crippen LogP contribution < -0.4 is 0 Å². The molecule has 0 spiro atoms. The van der Waals surface area contributed by atoms with Crippen LogP contribution >= 0.6 is 31.9 Å². The van der Waals surface area contributed by atoms with Crippen molar-refractivity contribution < 1.29 is 13.9 Å². The van der Waals surface area contributed by atoms with E-state index in [1.807, 2.05) is 18.2 Å². The Balaban J connectivity index is 2.44. The summed E-state index contributed by atoms with van der Waals surface area (Å²) in [6.07, 6.45) is 0. The molecule has 2 rings (SSSR count). The van der Waals surface area contributed by atoms with Gasteiger partial charge in [-0.3, -0.25) is 0 Å². The van der Waals surface area contributed by atoms with Crippen LogP contribution in [0.3, 0.4) is 0 Å². The van der Waals surface area contributed by atoms with E-state index in [1.165, 1.54) is 0 Å². The first kappa shape index (κ1) is 14.3. The van der Waals surface area contributed by atoms with Gasteiger partial charge in [-0.1, -0.05) is 15.9 Å². The molecule has 0 fully saturated rings. The number of hydrogen-bond acceptors (Lipinski definition) is 4. The SMILES string of the molecule is CCOC(=O)c1oc(-c2cc(Br)ccc2Br)nc1C. The van der Waals surface area contributed by atoms with Crippen LogP contribution in [0.1, 0.15) is 23.2 Å². The Hall–Kier alpha value is -1.14.